The fraction of sp³-hybridized carbons (Fsp3) is 0.462. The number of rotatable bonds is 4. The van der Waals surface area contributed by atoms with Crippen molar-refractivity contribution in [1.82, 2.24) is 4.90 Å². The molecule has 0 N–H and O–H groups in total. The lowest BCUT2D eigenvalue weighted by molar-refractivity contribution is -0.275. The van der Waals surface area contributed by atoms with E-state index in [2.05, 4.69) is 0 Å². The van der Waals surface area contributed by atoms with Gasteiger partial charge in [-0.1, -0.05) is 0 Å². The number of benzene rings is 1. The fourth-order valence-corrected chi connectivity index (χ4v) is 3.73. The minimum absolute atomic E-state index is 0.136. The van der Waals surface area contributed by atoms with Gasteiger partial charge in [-0.05, 0) is 24.3 Å². The summed E-state index contributed by atoms with van der Waals surface area (Å²) in [5.74, 6) is -7.60. The molecule has 0 bridgehead atoms. The van der Waals surface area contributed by atoms with Gasteiger partial charge in [0.05, 0.1) is 12.0 Å². The first-order chi connectivity index (χ1) is 10.9. The average Bonchev–Trinajstić information content (AvgIpc) is 2.44. The molecule has 24 heavy (non-hydrogen) atoms. The second-order valence-electron chi connectivity index (χ2n) is 5.12. The van der Waals surface area contributed by atoms with E-state index in [-0.39, 0.29) is 9.80 Å². The van der Waals surface area contributed by atoms with Crippen LogP contribution >= 0.6 is 0 Å². The maximum absolute atomic E-state index is 12.9. The van der Waals surface area contributed by atoms with E-state index >= 15 is 0 Å². The van der Waals surface area contributed by atoms with Gasteiger partial charge in [0, 0.05) is 13.1 Å². The van der Waals surface area contributed by atoms with E-state index in [0.29, 0.717) is 5.75 Å². The Kier molecular flexibility index (Phi) is 4.51. The smallest absolute Gasteiger partial charge is 0.463 e. The summed E-state index contributed by atoms with van der Waals surface area (Å²) in [5, 5.41) is -1.24. The van der Waals surface area contributed by atoms with Crippen LogP contribution in [0.2, 0.25) is 0 Å². The van der Waals surface area contributed by atoms with E-state index in [0.717, 1.165) is 0 Å². The topological polar surface area (TPSA) is 63.7 Å². The molecule has 0 spiro atoms. The van der Waals surface area contributed by atoms with Gasteiger partial charge in [0.25, 0.3) is 0 Å². The quantitative estimate of drug-likeness (QED) is 0.756. The Labute approximate surface area is 133 Å². The largest absolute Gasteiger partial charge is 0.497 e. The van der Waals surface area contributed by atoms with Crippen LogP contribution in [0.1, 0.15) is 0 Å². The molecule has 0 radical (unpaired) electrons. The number of alkyl halides is 5. The summed E-state index contributed by atoms with van der Waals surface area (Å²) < 4.78 is 91.7. The van der Waals surface area contributed by atoms with Crippen LogP contribution < -0.4 is 4.74 Å². The van der Waals surface area contributed by atoms with E-state index in [1.54, 1.807) is 0 Å². The van der Waals surface area contributed by atoms with Crippen molar-refractivity contribution in [2.24, 2.45) is 0 Å². The normalized spacial score (nSPS) is 16.7. The number of halogens is 5. The third-order valence-corrected chi connectivity index (χ3v) is 5.69. The number of nitrogens with zero attached hydrogens (tertiary/aromatic N) is 1. The number of likely N-dealkylation sites (tertiary alicyclic amines) is 1. The summed E-state index contributed by atoms with van der Waals surface area (Å²) in [4.78, 5) is 11.3. The lowest BCUT2D eigenvalue weighted by Crippen LogP contribution is -2.63. The predicted octanol–water partition coefficient (Wildman–Crippen LogP) is 1.88. The molecular formula is C13H12F5NO4S. The van der Waals surface area contributed by atoms with Gasteiger partial charge < -0.3 is 9.64 Å². The Morgan fingerprint density at radius 1 is 1.12 bits per heavy atom. The minimum atomic E-state index is -6.02. The summed E-state index contributed by atoms with van der Waals surface area (Å²) in [7, 11) is -2.58. The molecule has 1 aliphatic heterocycles. The van der Waals surface area contributed by atoms with Crippen molar-refractivity contribution in [3.05, 3.63) is 24.3 Å². The molecule has 0 aliphatic carbocycles. The highest BCUT2D eigenvalue weighted by Crippen LogP contribution is 2.38. The van der Waals surface area contributed by atoms with Crippen molar-refractivity contribution >= 4 is 15.7 Å². The zero-order valence-electron chi connectivity index (χ0n) is 12.2. The van der Waals surface area contributed by atoms with Crippen LogP contribution in [-0.2, 0) is 14.6 Å². The highest BCUT2D eigenvalue weighted by Gasteiger charge is 2.66. The van der Waals surface area contributed by atoms with Crippen LogP contribution in [0.25, 0.3) is 0 Å². The van der Waals surface area contributed by atoms with E-state index in [9.17, 15) is 35.2 Å². The number of methoxy groups -OCH3 is 1. The molecule has 1 aliphatic rings. The molecule has 134 valence electrons. The molecule has 5 nitrogen and oxygen atoms in total. The summed E-state index contributed by atoms with van der Waals surface area (Å²) in [6, 6.07) is 5.19. The van der Waals surface area contributed by atoms with Crippen molar-refractivity contribution in [3.8, 4) is 5.75 Å². The van der Waals surface area contributed by atoms with Crippen LogP contribution in [-0.4, -0.2) is 56.8 Å². The first-order valence-corrected chi connectivity index (χ1v) is 8.07. The van der Waals surface area contributed by atoms with Crippen LogP contribution in [0.5, 0.6) is 5.75 Å². The SMILES string of the molecule is COc1ccc(S(=O)(=O)C2CN(C(=O)C(F)(F)C(F)(F)F)C2)cc1. The number of sulfone groups is 1. The molecule has 0 unspecified atom stereocenters. The molecule has 2 rings (SSSR count). The molecule has 0 aromatic heterocycles. The van der Waals surface area contributed by atoms with Crippen molar-refractivity contribution in [1.29, 1.82) is 0 Å². The van der Waals surface area contributed by atoms with E-state index in [4.69, 9.17) is 4.74 Å². The maximum atomic E-state index is 12.9. The minimum Gasteiger partial charge on any atom is -0.497 e. The molecule has 0 atom stereocenters. The van der Waals surface area contributed by atoms with E-state index in [1.807, 2.05) is 0 Å². The van der Waals surface area contributed by atoms with Crippen molar-refractivity contribution in [3.63, 3.8) is 0 Å². The van der Waals surface area contributed by atoms with Crippen LogP contribution in [0.3, 0.4) is 0 Å². The van der Waals surface area contributed by atoms with Crippen molar-refractivity contribution < 1.29 is 39.9 Å². The van der Waals surface area contributed by atoms with E-state index < -0.39 is 46.2 Å². The highest BCUT2D eigenvalue weighted by atomic mass is 32.2. The number of carbonyl (C=O) groups excluding carboxylic acids is 1. The maximum Gasteiger partial charge on any atom is 0.463 e. The summed E-state index contributed by atoms with van der Waals surface area (Å²) in [6.07, 6.45) is -6.02. The number of hydrogen-bond donors (Lipinski definition) is 0. The fourth-order valence-electron chi connectivity index (χ4n) is 2.08. The summed E-state index contributed by atoms with van der Waals surface area (Å²) in [6.45, 7) is -1.45. The lowest BCUT2D eigenvalue weighted by atomic mass is 10.1. The zero-order valence-corrected chi connectivity index (χ0v) is 13.0. The summed E-state index contributed by atoms with van der Waals surface area (Å²) in [5.41, 5.74) is 0. The monoisotopic (exact) mass is 373 g/mol. The number of carbonyl (C=O) groups is 1. The Morgan fingerprint density at radius 3 is 2.04 bits per heavy atom. The molecule has 1 aromatic carbocycles. The Balaban J connectivity index is 2.09. The second kappa shape index (κ2) is 5.87. The van der Waals surface area contributed by atoms with Crippen LogP contribution in [0.15, 0.2) is 29.2 Å². The van der Waals surface area contributed by atoms with Gasteiger partial charge in [0.1, 0.15) is 11.0 Å². The Hall–Kier alpha value is -1.91. The molecule has 11 heteroatoms. The third kappa shape index (κ3) is 3.04. The van der Waals surface area contributed by atoms with Gasteiger partial charge in [0.15, 0.2) is 9.84 Å². The third-order valence-electron chi connectivity index (χ3n) is 3.59. The van der Waals surface area contributed by atoms with E-state index in [1.165, 1.54) is 31.4 Å². The predicted molar refractivity (Wildman–Crippen MR) is 71.5 cm³/mol. The van der Waals surface area contributed by atoms with Crippen LogP contribution in [0, 0.1) is 0 Å². The van der Waals surface area contributed by atoms with Gasteiger partial charge >= 0.3 is 18.0 Å². The zero-order chi connectivity index (χ0) is 18.3. The first-order valence-electron chi connectivity index (χ1n) is 6.53. The second-order valence-corrected chi connectivity index (χ2v) is 7.35. The molecule has 1 amide bonds. The van der Waals surface area contributed by atoms with Gasteiger partial charge in [0.2, 0.25) is 0 Å². The van der Waals surface area contributed by atoms with Gasteiger partial charge in [-0.15, -0.1) is 0 Å². The average molecular weight is 373 g/mol. The first kappa shape index (κ1) is 18.4. The highest BCUT2D eigenvalue weighted by molar-refractivity contribution is 7.92. The number of amides is 1. The molecule has 1 heterocycles. The Morgan fingerprint density at radius 2 is 1.62 bits per heavy atom. The molecule has 0 saturated carbocycles. The van der Waals surface area contributed by atoms with Crippen molar-refractivity contribution in [2.45, 2.75) is 22.2 Å². The Bertz CT molecular complexity index is 724. The van der Waals surface area contributed by atoms with Crippen LogP contribution in [0.4, 0.5) is 22.0 Å². The van der Waals surface area contributed by atoms with Gasteiger partial charge in [-0.25, -0.2) is 8.42 Å². The molecule has 1 saturated heterocycles. The number of hydrogen-bond acceptors (Lipinski definition) is 4. The standard InChI is InChI=1S/C13H12F5NO4S/c1-23-8-2-4-9(5-3-8)24(21,22)10-6-19(7-10)11(20)12(14,15)13(16,17)18/h2-5,10H,6-7H2,1H3. The molecular weight excluding hydrogens is 361 g/mol. The van der Waals surface area contributed by atoms with Crippen molar-refractivity contribution in [2.75, 3.05) is 20.2 Å². The van der Waals surface area contributed by atoms with Gasteiger partial charge in [-0.3, -0.25) is 4.79 Å². The lowest BCUT2D eigenvalue weighted by Gasteiger charge is -2.40. The number of ether oxygens (including phenoxy) is 1. The molecule has 1 aromatic rings. The summed E-state index contributed by atoms with van der Waals surface area (Å²) >= 11 is 0. The van der Waals surface area contributed by atoms with Gasteiger partial charge in [-0.2, -0.15) is 22.0 Å². The molecule has 1 fully saturated rings.